The van der Waals surface area contributed by atoms with Crippen molar-refractivity contribution in [2.75, 3.05) is 7.11 Å². The smallest absolute Gasteiger partial charge is 0.122 e. The van der Waals surface area contributed by atoms with E-state index in [1.165, 1.54) is 29.7 Å². The molecular weight excluding hydrogens is 256 g/mol. The van der Waals surface area contributed by atoms with Gasteiger partial charge in [0.15, 0.2) is 0 Å². The highest BCUT2D eigenvalue weighted by molar-refractivity contribution is 7.12. The highest BCUT2D eigenvalue weighted by Crippen LogP contribution is 2.35. The highest BCUT2D eigenvalue weighted by atomic mass is 32.1. The van der Waals surface area contributed by atoms with Crippen molar-refractivity contribution < 1.29 is 9.84 Å². The third-order valence-electron chi connectivity index (χ3n) is 3.70. The summed E-state index contributed by atoms with van der Waals surface area (Å²) in [6, 6.07) is 10.1. The molecule has 1 heterocycles. The van der Waals surface area contributed by atoms with E-state index < -0.39 is 6.10 Å². The van der Waals surface area contributed by atoms with Gasteiger partial charge in [0.1, 0.15) is 5.75 Å². The number of aliphatic hydroxyl groups excluding tert-OH is 1. The van der Waals surface area contributed by atoms with Crippen molar-refractivity contribution in [2.45, 2.75) is 31.8 Å². The molecule has 0 spiro atoms. The Morgan fingerprint density at radius 2 is 2.16 bits per heavy atom. The number of rotatable bonds is 4. The predicted octanol–water partition coefficient (Wildman–Crippen LogP) is 3.52. The Bertz CT molecular complexity index is 552. The summed E-state index contributed by atoms with van der Waals surface area (Å²) in [7, 11) is 1.67. The third-order valence-corrected chi connectivity index (χ3v) is 5.04. The van der Waals surface area contributed by atoms with Crippen LogP contribution in [0.3, 0.4) is 0 Å². The number of fused-ring (bicyclic) bond motifs is 1. The van der Waals surface area contributed by atoms with Crippen molar-refractivity contribution in [2.24, 2.45) is 0 Å². The topological polar surface area (TPSA) is 29.5 Å². The maximum atomic E-state index is 10.4. The molecule has 0 aliphatic heterocycles. The van der Waals surface area contributed by atoms with E-state index in [0.717, 1.165) is 16.2 Å². The molecule has 1 aliphatic rings. The van der Waals surface area contributed by atoms with Crippen molar-refractivity contribution in [3.05, 3.63) is 51.2 Å². The Morgan fingerprint density at radius 1 is 1.32 bits per heavy atom. The average molecular weight is 274 g/mol. The lowest BCUT2D eigenvalue weighted by atomic mass is 10.1. The normalized spacial score (nSPS) is 15.3. The number of aryl methyl sites for hydroxylation is 2. The second kappa shape index (κ2) is 5.35. The number of methoxy groups -OCH3 is 1. The van der Waals surface area contributed by atoms with E-state index in [1.807, 2.05) is 24.3 Å². The molecule has 3 rings (SSSR count). The van der Waals surface area contributed by atoms with Crippen LogP contribution >= 0.6 is 11.3 Å². The summed E-state index contributed by atoms with van der Waals surface area (Å²) in [4.78, 5) is 2.56. The Kier molecular flexibility index (Phi) is 3.58. The molecule has 0 radical (unpaired) electrons. The third kappa shape index (κ3) is 2.53. The van der Waals surface area contributed by atoms with E-state index in [-0.39, 0.29) is 0 Å². The molecule has 1 aromatic carbocycles. The zero-order valence-corrected chi connectivity index (χ0v) is 11.9. The summed E-state index contributed by atoms with van der Waals surface area (Å²) in [6.07, 6.45) is 3.81. The van der Waals surface area contributed by atoms with Gasteiger partial charge < -0.3 is 9.84 Å². The molecule has 1 unspecified atom stereocenters. The van der Waals surface area contributed by atoms with Gasteiger partial charge in [-0.2, -0.15) is 0 Å². The van der Waals surface area contributed by atoms with E-state index >= 15 is 0 Å². The predicted molar refractivity (Wildman–Crippen MR) is 78.0 cm³/mol. The summed E-state index contributed by atoms with van der Waals surface area (Å²) in [6.45, 7) is 0. The number of benzene rings is 1. The first-order valence-electron chi connectivity index (χ1n) is 6.69. The minimum absolute atomic E-state index is 0.424. The number of aliphatic hydroxyl groups is 1. The van der Waals surface area contributed by atoms with Gasteiger partial charge in [-0.05, 0) is 42.5 Å². The molecule has 0 fully saturated rings. The van der Waals surface area contributed by atoms with Crippen LogP contribution in [0, 0.1) is 0 Å². The molecule has 100 valence electrons. The van der Waals surface area contributed by atoms with Crippen LogP contribution in [-0.2, 0) is 19.3 Å². The van der Waals surface area contributed by atoms with Crippen LogP contribution in [0.25, 0.3) is 0 Å². The number of hydrogen-bond acceptors (Lipinski definition) is 3. The zero-order valence-electron chi connectivity index (χ0n) is 11.1. The van der Waals surface area contributed by atoms with Crippen molar-refractivity contribution in [1.82, 2.24) is 0 Å². The first-order valence-corrected chi connectivity index (χ1v) is 7.51. The number of thiophene rings is 1. The fraction of sp³-hybridized carbons (Fsp3) is 0.375. The van der Waals surface area contributed by atoms with Crippen LogP contribution in [-0.4, -0.2) is 12.2 Å². The Balaban J connectivity index is 1.78. The van der Waals surface area contributed by atoms with Crippen LogP contribution in [0.15, 0.2) is 30.3 Å². The Labute approximate surface area is 117 Å². The van der Waals surface area contributed by atoms with Gasteiger partial charge in [-0.1, -0.05) is 18.2 Å². The Hall–Kier alpha value is -1.32. The lowest BCUT2D eigenvalue weighted by molar-refractivity contribution is 0.181. The molecule has 1 aromatic heterocycles. The number of hydrogen-bond donors (Lipinski definition) is 1. The second-order valence-corrected chi connectivity index (χ2v) is 6.15. The van der Waals surface area contributed by atoms with E-state index in [4.69, 9.17) is 4.74 Å². The molecule has 1 aliphatic carbocycles. The minimum Gasteiger partial charge on any atom is -0.496 e. The van der Waals surface area contributed by atoms with Gasteiger partial charge in [0.05, 0.1) is 13.2 Å². The van der Waals surface area contributed by atoms with E-state index in [9.17, 15) is 5.11 Å². The molecule has 0 saturated heterocycles. The van der Waals surface area contributed by atoms with Crippen LogP contribution in [0.1, 0.15) is 33.4 Å². The van der Waals surface area contributed by atoms with Crippen LogP contribution in [0.4, 0.5) is 0 Å². The van der Waals surface area contributed by atoms with Gasteiger partial charge in [-0.25, -0.2) is 0 Å². The first kappa shape index (κ1) is 12.7. The van der Waals surface area contributed by atoms with Gasteiger partial charge in [0, 0.05) is 16.2 Å². The van der Waals surface area contributed by atoms with Crippen LogP contribution in [0.5, 0.6) is 5.75 Å². The minimum atomic E-state index is -0.424. The highest BCUT2D eigenvalue weighted by Gasteiger charge is 2.19. The quantitative estimate of drug-likeness (QED) is 0.924. The standard InChI is InChI=1S/C16H18O2S/c1-18-14-7-3-2-5-11(14)9-13(17)16-10-12-6-4-8-15(12)19-16/h2-3,5,7,10,13,17H,4,6,8-9H2,1H3. The van der Waals surface area contributed by atoms with Gasteiger partial charge >= 0.3 is 0 Å². The summed E-state index contributed by atoms with van der Waals surface area (Å²) in [5.74, 6) is 0.852. The van der Waals surface area contributed by atoms with Gasteiger partial charge in [0.2, 0.25) is 0 Å². The van der Waals surface area contributed by atoms with Gasteiger partial charge in [-0.15, -0.1) is 11.3 Å². The van der Waals surface area contributed by atoms with E-state index in [2.05, 4.69) is 6.07 Å². The molecule has 19 heavy (non-hydrogen) atoms. The molecule has 0 amide bonds. The van der Waals surface area contributed by atoms with Gasteiger partial charge in [0.25, 0.3) is 0 Å². The molecular formula is C16H18O2S. The van der Waals surface area contributed by atoms with Crippen molar-refractivity contribution >= 4 is 11.3 Å². The van der Waals surface area contributed by atoms with Crippen molar-refractivity contribution in [1.29, 1.82) is 0 Å². The van der Waals surface area contributed by atoms with Crippen molar-refractivity contribution in [3.63, 3.8) is 0 Å². The van der Waals surface area contributed by atoms with E-state index in [1.54, 1.807) is 18.4 Å². The fourth-order valence-electron chi connectivity index (χ4n) is 2.70. The Morgan fingerprint density at radius 3 is 2.95 bits per heavy atom. The largest absolute Gasteiger partial charge is 0.496 e. The molecule has 1 atom stereocenters. The summed E-state index contributed by atoms with van der Waals surface area (Å²) >= 11 is 1.77. The van der Waals surface area contributed by atoms with E-state index in [0.29, 0.717) is 6.42 Å². The second-order valence-electron chi connectivity index (χ2n) is 4.98. The molecule has 1 N–H and O–H groups in total. The average Bonchev–Trinajstić information content (AvgIpc) is 3.00. The SMILES string of the molecule is COc1ccccc1CC(O)c1cc2c(s1)CCC2. The first-order chi connectivity index (χ1) is 9.28. The van der Waals surface area contributed by atoms with Crippen LogP contribution < -0.4 is 4.74 Å². The maximum absolute atomic E-state index is 10.4. The lowest BCUT2D eigenvalue weighted by Crippen LogP contribution is -2.01. The number of para-hydroxylation sites is 1. The fourth-order valence-corrected chi connectivity index (χ4v) is 3.94. The molecule has 2 nitrogen and oxygen atoms in total. The summed E-state index contributed by atoms with van der Waals surface area (Å²) in [5.41, 5.74) is 2.50. The maximum Gasteiger partial charge on any atom is 0.122 e. The molecule has 0 saturated carbocycles. The monoisotopic (exact) mass is 274 g/mol. The molecule has 3 heteroatoms. The van der Waals surface area contributed by atoms with Gasteiger partial charge in [-0.3, -0.25) is 0 Å². The van der Waals surface area contributed by atoms with Crippen LogP contribution in [0.2, 0.25) is 0 Å². The summed E-state index contributed by atoms with van der Waals surface area (Å²) < 4.78 is 5.34. The number of ether oxygens (including phenoxy) is 1. The molecule has 0 bridgehead atoms. The zero-order chi connectivity index (χ0) is 13.2. The summed E-state index contributed by atoms with van der Waals surface area (Å²) in [5, 5.41) is 10.4. The van der Waals surface area contributed by atoms with Crippen molar-refractivity contribution in [3.8, 4) is 5.75 Å². The lowest BCUT2D eigenvalue weighted by Gasteiger charge is -2.12. The molecule has 2 aromatic rings.